The Labute approximate surface area is 169 Å². The van der Waals surface area contributed by atoms with Crippen LogP contribution in [0, 0.1) is 6.92 Å². The molecule has 4 rings (SSSR count). The highest BCUT2D eigenvalue weighted by atomic mass is 32.2. The molecule has 0 atom stereocenters. The molecule has 0 saturated heterocycles. The van der Waals surface area contributed by atoms with Crippen LogP contribution in [-0.2, 0) is 21.2 Å². The summed E-state index contributed by atoms with van der Waals surface area (Å²) in [6, 6.07) is 19.1. The second kappa shape index (κ2) is 7.25. The lowest BCUT2D eigenvalue weighted by atomic mass is 10.2. The molecular formula is C22H20N2O4S. The van der Waals surface area contributed by atoms with Crippen LogP contribution in [0.1, 0.15) is 11.1 Å². The average molecular weight is 408 g/mol. The fourth-order valence-electron chi connectivity index (χ4n) is 3.16. The number of carbonyl (C=O) groups is 1. The highest BCUT2D eigenvalue weighted by Gasteiger charge is 2.26. The first-order chi connectivity index (χ1) is 13.8. The van der Waals surface area contributed by atoms with E-state index in [0.29, 0.717) is 22.7 Å². The van der Waals surface area contributed by atoms with E-state index in [1.807, 2.05) is 31.2 Å². The molecule has 7 heteroatoms. The molecule has 0 aromatic heterocycles. The lowest BCUT2D eigenvalue weighted by molar-refractivity contribution is -0.117. The summed E-state index contributed by atoms with van der Waals surface area (Å²) in [6.07, 6.45) is 0.209. The summed E-state index contributed by atoms with van der Waals surface area (Å²) in [6.45, 7) is 2.00. The zero-order chi connectivity index (χ0) is 20.6. The number of aryl methyl sites for hydroxylation is 1. The fraction of sp³-hybridized carbons (Fsp3) is 0.136. The number of likely N-dealkylation sites (N-methyl/N-ethyl adjacent to an activating group) is 1. The molecule has 0 radical (unpaired) electrons. The predicted molar refractivity (Wildman–Crippen MR) is 112 cm³/mol. The van der Waals surface area contributed by atoms with Crippen LogP contribution in [0.3, 0.4) is 0 Å². The minimum atomic E-state index is -3.77. The summed E-state index contributed by atoms with van der Waals surface area (Å²) in [4.78, 5) is 13.5. The Morgan fingerprint density at radius 3 is 2.21 bits per heavy atom. The number of sulfonamides is 1. The van der Waals surface area contributed by atoms with E-state index in [4.69, 9.17) is 4.74 Å². The van der Waals surface area contributed by atoms with E-state index >= 15 is 0 Å². The van der Waals surface area contributed by atoms with Gasteiger partial charge >= 0.3 is 0 Å². The summed E-state index contributed by atoms with van der Waals surface area (Å²) in [5.74, 6) is 1.27. The second-order valence-electron chi connectivity index (χ2n) is 6.97. The van der Waals surface area contributed by atoms with Crippen molar-refractivity contribution >= 4 is 27.3 Å². The van der Waals surface area contributed by atoms with Gasteiger partial charge in [0, 0.05) is 18.4 Å². The minimum absolute atomic E-state index is 0.0494. The first-order valence-corrected chi connectivity index (χ1v) is 10.6. The number of hydrogen-bond donors (Lipinski definition) is 1. The van der Waals surface area contributed by atoms with Crippen molar-refractivity contribution in [1.29, 1.82) is 0 Å². The Hall–Kier alpha value is -3.32. The molecule has 1 aliphatic rings. The number of fused-ring (bicyclic) bond motifs is 1. The Morgan fingerprint density at radius 1 is 0.931 bits per heavy atom. The van der Waals surface area contributed by atoms with E-state index < -0.39 is 10.0 Å². The topological polar surface area (TPSA) is 75.7 Å². The van der Waals surface area contributed by atoms with Crippen LogP contribution in [0.5, 0.6) is 11.5 Å². The number of rotatable bonds is 5. The van der Waals surface area contributed by atoms with E-state index in [0.717, 1.165) is 11.3 Å². The summed E-state index contributed by atoms with van der Waals surface area (Å²) in [7, 11) is -2.09. The zero-order valence-electron chi connectivity index (χ0n) is 16.0. The monoisotopic (exact) mass is 408 g/mol. The number of nitrogens with zero attached hydrogens (tertiary/aromatic N) is 1. The van der Waals surface area contributed by atoms with E-state index in [1.165, 1.54) is 11.0 Å². The Morgan fingerprint density at radius 2 is 1.55 bits per heavy atom. The Bertz CT molecular complexity index is 1170. The molecule has 3 aromatic carbocycles. The molecule has 0 aliphatic carbocycles. The molecular weight excluding hydrogens is 388 g/mol. The van der Waals surface area contributed by atoms with Gasteiger partial charge in [-0.25, -0.2) is 8.42 Å². The molecule has 0 bridgehead atoms. The van der Waals surface area contributed by atoms with Gasteiger partial charge in [-0.1, -0.05) is 17.7 Å². The quantitative estimate of drug-likeness (QED) is 0.689. The van der Waals surface area contributed by atoms with Gasteiger partial charge in [-0.3, -0.25) is 9.52 Å². The standard InChI is InChI=1S/C22H20N2O4S/c1-15-3-7-18(8-4-15)28-19-9-5-17(6-10-19)23-29(26,27)20-11-12-21-16(13-20)14-22(25)24(21)2/h3-13,23H,14H2,1-2H3. The van der Waals surface area contributed by atoms with Crippen molar-refractivity contribution in [2.45, 2.75) is 18.2 Å². The zero-order valence-corrected chi connectivity index (χ0v) is 16.9. The number of nitrogens with one attached hydrogen (secondary N) is 1. The van der Waals surface area contributed by atoms with Crippen LogP contribution in [-0.4, -0.2) is 21.4 Å². The third kappa shape index (κ3) is 3.95. The van der Waals surface area contributed by atoms with E-state index in [1.54, 1.807) is 43.4 Å². The van der Waals surface area contributed by atoms with Gasteiger partial charge in [0.15, 0.2) is 0 Å². The SMILES string of the molecule is Cc1ccc(Oc2ccc(NS(=O)(=O)c3ccc4c(c3)CC(=O)N4C)cc2)cc1. The van der Waals surface area contributed by atoms with Crippen LogP contribution in [0.25, 0.3) is 0 Å². The van der Waals surface area contributed by atoms with Crippen molar-refractivity contribution < 1.29 is 17.9 Å². The maximum absolute atomic E-state index is 12.7. The van der Waals surface area contributed by atoms with Crippen LogP contribution < -0.4 is 14.4 Å². The third-order valence-corrected chi connectivity index (χ3v) is 6.18. The molecule has 3 aromatic rings. The molecule has 6 nitrogen and oxygen atoms in total. The first kappa shape index (κ1) is 19.0. The van der Waals surface area contributed by atoms with Gasteiger partial charge < -0.3 is 9.64 Å². The van der Waals surface area contributed by atoms with Gasteiger partial charge in [-0.05, 0) is 67.1 Å². The van der Waals surface area contributed by atoms with Crippen molar-refractivity contribution in [3.8, 4) is 11.5 Å². The smallest absolute Gasteiger partial charge is 0.261 e. The number of carbonyl (C=O) groups excluding carboxylic acids is 1. The molecule has 0 fully saturated rings. The van der Waals surface area contributed by atoms with E-state index in [9.17, 15) is 13.2 Å². The predicted octanol–water partition coefficient (Wildman–Crippen LogP) is 4.11. The summed E-state index contributed by atoms with van der Waals surface area (Å²) in [5.41, 5.74) is 3.02. The van der Waals surface area contributed by atoms with Crippen LogP contribution in [0.15, 0.2) is 71.6 Å². The van der Waals surface area contributed by atoms with Crippen molar-refractivity contribution in [3.63, 3.8) is 0 Å². The normalized spacial score (nSPS) is 13.3. The van der Waals surface area contributed by atoms with Crippen molar-refractivity contribution in [1.82, 2.24) is 0 Å². The van der Waals surface area contributed by atoms with Gasteiger partial charge in [0.05, 0.1) is 11.3 Å². The minimum Gasteiger partial charge on any atom is -0.457 e. The summed E-state index contributed by atoms with van der Waals surface area (Å²) in [5, 5.41) is 0. The summed E-state index contributed by atoms with van der Waals surface area (Å²) < 4.78 is 33.8. The first-order valence-electron chi connectivity index (χ1n) is 9.09. The van der Waals surface area contributed by atoms with Gasteiger partial charge in [-0.2, -0.15) is 0 Å². The van der Waals surface area contributed by atoms with Gasteiger partial charge in [0.2, 0.25) is 5.91 Å². The Kier molecular flexibility index (Phi) is 4.76. The van der Waals surface area contributed by atoms with Crippen LogP contribution in [0.4, 0.5) is 11.4 Å². The highest BCUT2D eigenvalue weighted by Crippen LogP contribution is 2.30. The molecule has 29 heavy (non-hydrogen) atoms. The van der Waals surface area contributed by atoms with Gasteiger partial charge in [-0.15, -0.1) is 0 Å². The largest absolute Gasteiger partial charge is 0.457 e. The molecule has 1 amide bonds. The van der Waals surface area contributed by atoms with Crippen molar-refractivity contribution in [2.75, 3.05) is 16.7 Å². The van der Waals surface area contributed by atoms with E-state index in [-0.39, 0.29) is 17.2 Å². The maximum Gasteiger partial charge on any atom is 0.261 e. The van der Waals surface area contributed by atoms with Gasteiger partial charge in [0.1, 0.15) is 11.5 Å². The fourth-order valence-corrected chi connectivity index (χ4v) is 4.27. The lowest BCUT2D eigenvalue weighted by Gasteiger charge is -2.12. The maximum atomic E-state index is 12.7. The van der Waals surface area contributed by atoms with Crippen molar-refractivity contribution in [2.24, 2.45) is 0 Å². The van der Waals surface area contributed by atoms with E-state index in [2.05, 4.69) is 4.72 Å². The van der Waals surface area contributed by atoms with Crippen molar-refractivity contribution in [3.05, 3.63) is 77.9 Å². The molecule has 148 valence electrons. The Balaban J connectivity index is 1.49. The molecule has 0 unspecified atom stereocenters. The molecule has 1 aliphatic heterocycles. The molecule has 0 saturated carbocycles. The van der Waals surface area contributed by atoms with Crippen LogP contribution in [0.2, 0.25) is 0 Å². The number of anilines is 2. The third-order valence-electron chi connectivity index (χ3n) is 4.80. The molecule has 1 N–H and O–H groups in total. The second-order valence-corrected chi connectivity index (χ2v) is 8.65. The summed E-state index contributed by atoms with van der Waals surface area (Å²) >= 11 is 0. The number of amides is 1. The number of benzene rings is 3. The molecule has 1 heterocycles. The van der Waals surface area contributed by atoms with Crippen LogP contribution >= 0.6 is 0 Å². The highest BCUT2D eigenvalue weighted by molar-refractivity contribution is 7.92. The number of hydrogen-bond acceptors (Lipinski definition) is 4. The lowest BCUT2D eigenvalue weighted by Crippen LogP contribution is -2.20. The average Bonchev–Trinajstić information content (AvgIpc) is 2.98. The molecule has 0 spiro atoms. The number of ether oxygens (including phenoxy) is 1. The van der Waals surface area contributed by atoms with Gasteiger partial charge in [0.25, 0.3) is 10.0 Å².